The van der Waals surface area contributed by atoms with E-state index < -0.39 is 22.5 Å². The molecule has 0 aliphatic heterocycles. The van der Waals surface area contributed by atoms with Crippen LogP contribution < -0.4 is 10.6 Å². The number of amides is 2. The minimum Gasteiger partial charge on any atom is -0.358 e. The van der Waals surface area contributed by atoms with Crippen LogP contribution in [0, 0.1) is 15.9 Å². The van der Waals surface area contributed by atoms with Gasteiger partial charge in [-0.2, -0.15) is 4.68 Å². The van der Waals surface area contributed by atoms with Crippen molar-refractivity contribution >= 4 is 29.0 Å². The van der Waals surface area contributed by atoms with Gasteiger partial charge in [0.25, 0.3) is 0 Å². The molecule has 10 heteroatoms. The molecule has 23 heavy (non-hydrogen) atoms. The molecule has 2 amide bonds. The summed E-state index contributed by atoms with van der Waals surface area (Å²) in [7, 11) is 0. The molecule has 2 N–H and O–H groups in total. The van der Waals surface area contributed by atoms with Crippen molar-refractivity contribution in [2.45, 2.75) is 13.5 Å². The number of hydrogen-bond acceptors (Lipinski definition) is 5. The summed E-state index contributed by atoms with van der Waals surface area (Å²) in [4.78, 5) is 32.6. The van der Waals surface area contributed by atoms with E-state index in [-0.39, 0.29) is 18.1 Å². The first-order valence-corrected chi connectivity index (χ1v) is 6.40. The Bertz CT molecular complexity index is 773. The van der Waals surface area contributed by atoms with E-state index in [0.29, 0.717) is 5.69 Å². The predicted octanol–water partition coefficient (Wildman–Crippen LogP) is 1.53. The Morgan fingerprint density at radius 3 is 2.70 bits per heavy atom. The Labute approximate surface area is 129 Å². The SMILES string of the molecule is CC(=O)Nc1ccc(F)c(NC(=O)Cn2ccc([N+](=O)[O-])n2)c1. The lowest BCUT2D eigenvalue weighted by Gasteiger charge is -2.08. The van der Waals surface area contributed by atoms with Gasteiger partial charge >= 0.3 is 5.82 Å². The van der Waals surface area contributed by atoms with Crippen LogP contribution >= 0.6 is 0 Å². The lowest BCUT2D eigenvalue weighted by molar-refractivity contribution is -0.389. The van der Waals surface area contributed by atoms with Crippen LogP contribution in [0.15, 0.2) is 30.5 Å². The van der Waals surface area contributed by atoms with Crippen molar-refractivity contribution < 1.29 is 18.9 Å². The van der Waals surface area contributed by atoms with Gasteiger partial charge in [0.05, 0.1) is 23.0 Å². The second-order valence-corrected chi connectivity index (χ2v) is 4.55. The Morgan fingerprint density at radius 2 is 2.09 bits per heavy atom. The fourth-order valence-corrected chi connectivity index (χ4v) is 1.78. The summed E-state index contributed by atoms with van der Waals surface area (Å²) < 4.78 is 14.7. The molecule has 0 spiro atoms. The van der Waals surface area contributed by atoms with Crippen LogP contribution in [0.2, 0.25) is 0 Å². The van der Waals surface area contributed by atoms with E-state index in [1.807, 2.05) is 0 Å². The fourth-order valence-electron chi connectivity index (χ4n) is 1.78. The first-order valence-electron chi connectivity index (χ1n) is 6.40. The molecule has 1 aromatic carbocycles. The Balaban J connectivity index is 2.06. The molecule has 0 bridgehead atoms. The summed E-state index contributed by atoms with van der Waals surface area (Å²) in [6.07, 6.45) is 1.27. The van der Waals surface area contributed by atoms with Gasteiger partial charge in [0, 0.05) is 12.6 Å². The third kappa shape index (κ3) is 4.33. The van der Waals surface area contributed by atoms with E-state index in [2.05, 4.69) is 15.7 Å². The number of halogens is 1. The van der Waals surface area contributed by atoms with E-state index in [4.69, 9.17) is 0 Å². The highest BCUT2D eigenvalue weighted by atomic mass is 19.1. The minimum atomic E-state index is -0.690. The van der Waals surface area contributed by atoms with Gasteiger partial charge in [-0.05, 0) is 23.1 Å². The second-order valence-electron chi connectivity index (χ2n) is 4.55. The minimum absolute atomic E-state index is 0.122. The Kier molecular flexibility index (Phi) is 4.64. The highest BCUT2D eigenvalue weighted by molar-refractivity contribution is 5.93. The Morgan fingerprint density at radius 1 is 1.35 bits per heavy atom. The summed E-state index contributed by atoms with van der Waals surface area (Å²) in [6.45, 7) is 0.976. The number of hydrogen-bond donors (Lipinski definition) is 2. The van der Waals surface area contributed by atoms with Crippen molar-refractivity contribution in [2.24, 2.45) is 0 Å². The number of nitrogens with one attached hydrogen (secondary N) is 2. The summed E-state index contributed by atoms with van der Waals surface area (Å²) >= 11 is 0. The number of anilines is 2. The molecule has 120 valence electrons. The van der Waals surface area contributed by atoms with Crippen molar-refractivity contribution in [2.75, 3.05) is 10.6 Å². The molecule has 0 saturated carbocycles. The quantitative estimate of drug-likeness (QED) is 0.639. The molecule has 0 aliphatic rings. The smallest absolute Gasteiger partial charge is 0.358 e. The van der Waals surface area contributed by atoms with E-state index >= 15 is 0 Å². The molecular formula is C13H12FN5O4. The normalized spacial score (nSPS) is 10.2. The van der Waals surface area contributed by atoms with E-state index in [9.17, 15) is 24.1 Å². The summed E-state index contributed by atoms with van der Waals surface area (Å²) in [5.41, 5.74) is 0.201. The molecule has 2 rings (SSSR count). The Hall–Kier alpha value is -3.30. The van der Waals surface area contributed by atoms with Gasteiger partial charge in [-0.3, -0.25) is 9.59 Å². The van der Waals surface area contributed by atoms with Crippen molar-refractivity contribution in [1.82, 2.24) is 9.78 Å². The number of carbonyl (C=O) groups excluding carboxylic acids is 2. The molecule has 0 fully saturated rings. The van der Waals surface area contributed by atoms with Crippen LogP contribution in [0.1, 0.15) is 6.92 Å². The number of carbonyl (C=O) groups is 2. The fraction of sp³-hybridized carbons (Fsp3) is 0.154. The van der Waals surface area contributed by atoms with E-state index in [1.165, 1.54) is 25.3 Å². The molecule has 0 radical (unpaired) electrons. The zero-order valence-corrected chi connectivity index (χ0v) is 11.9. The van der Waals surface area contributed by atoms with Crippen molar-refractivity contribution in [3.8, 4) is 0 Å². The zero-order valence-electron chi connectivity index (χ0n) is 11.9. The third-order valence-electron chi connectivity index (χ3n) is 2.68. The molecule has 1 heterocycles. The van der Waals surface area contributed by atoms with Gasteiger partial charge in [-0.15, -0.1) is 0 Å². The van der Waals surface area contributed by atoms with Crippen LogP contribution in [0.4, 0.5) is 21.6 Å². The van der Waals surface area contributed by atoms with Crippen LogP contribution in [-0.4, -0.2) is 26.5 Å². The topological polar surface area (TPSA) is 119 Å². The van der Waals surface area contributed by atoms with Crippen molar-refractivity contribution in [3.05, 3.63) is 46.4 Å². The zero-order chi connectivity index (χ0) is 17.0. The summed E-state index contributed by atoms with van der Waals surface area (Å²) in [5.74, 6) is -2.03. The maximum Gasteiger partial charge on any atom is 0.389 e. The maximum atomic E-state index is 13.7. The number of rotatable bonds is 5. The van der Waals surface area contributed by atoms with Gasteiger partial charge in [0.15, 0.2) is 0 Å². The van der Waals surface area contributed by atoms with Gasteiger partial charge < -0.3 is 20.7 Å². The van der Waals surface area contributed by atoms with Crippen LogP contribution in [0.5, 0.6) is 0 Å². The molecule has 0 saturated heterocycles. The second kappa shape index (κ2) is 6.64. The van der Waals surface area contributed by atoms with Gasteiger partial charge in [-0.1, -0.05) is 0 Å². The van der Waals surface area contributed by atoms with Crippen LogP contribution in [0.25, 0.3) is 0 Å². The van der Waals surface area contributed by atoms with Gasteiger partial charge in [0.1, 0.15) is 12.4 Å². The number of nitro groups is 1. The third-order valence-corrected chi connectivity index (χ3v) is 2.68. The predicted molar refractivity (Wildman–Crippen MR) is 78.2 cm³/mol. The average Bonchev–Trinajstić information content (AvgIpc) is 2.90. The molecular weight excluding hydrogens is 309 g/mol. The molecule has 0 unspecified atom stereocenters. The lowest BCUT2D eigenvalue weighted by Crippen LogP contribution is -2.20. The highest BCUT2D eigenvalue weighted by Crippen LogP contribution is 2.19. The van der Waals surface area contributed by atoms with E-state index in [1.54, 1.807) is 0 Å². The first kappa shape index (κ1) is 16.1. The van der Waals surface area contributed by atoms with Crippen molar-refractivity contribution in [1.29, 1.82) is 0 Å². The molecule has 0 atom stereocenters. The monoisotopic (exact) mass is 321 g/mol. The molecule has 2 aromatic rings. The number of benzene rings is 1. The average molecular weight is 321 g/mol. The van der Waals surface area contributed by atoms with Crippen molar-refractivity contribution in [3.63, 3.8) is 0 Å². The maximum absolute atomic E-state index is 13.7. The van der Waals surface area contributed by atoms with Gasteiger partial charge in [0.2, 0.25) is 11.8 Å². The lowest BCUT2D eigenvalue weighted by atomic mass is 10.2. The van der Waals surface area contributed by atoms with Gasteiger partial charge in [-0.25, -0.2) is 4.39 Å². The van der Waals surface area contributed by atoms with E-state index in [0.717, 1.165) is 16.8 Å². The number of aromatic nitrogens is 2. The van der Waals surface area contributed by atoms with Crippen LogP contribution in [-0.2, 0) is 16.1 Å². The molecule has 1 aromatic heterocycles. The molecule has 0 aliphatic carbocycles. The first-order chi connectivity index (χ1) is 10.8. The molecule has 9 nitrogen and oxygen atoms in total. The largest absolute Gasteiger partial charge is 0.389 e. The highest BCUT2D eigenvalue weighted by Gasteiger charge is 2.14. The van der Waals surface area contributed by atoms with Crippen LogP contribution in [0.3, 0.4) is 0 Å². The summed E-state index contributed by atoms with van der Waals surface area (Å²) in [6, 6.07) is 4.86. The standard InChI is InChI=1S/C13H12FN5O4/c1-8(20)15-9-2-3-10(14)11(6-9)16-13(21)7-18-5-4-12(17-18)19(22)23/h2-6H,7H2,1H3,(H,15,20)(H,16,21). The summed E-state index contributed by atoms with van der Waals surface area (Å²) in [5, 5.41) is 18.9. The number of nitrogens with zero attached hydrogens (tertiary/aromatic N) is 3.